The van der Waals surface area contributed by atoms with Crippen molar-refractivity contribution < 1.29 is 14.6 Å². The quantitative estimate of drug-likeness (QED) is 0.680. The van der Waals surface area contributed by atoms with Crippen LogP contribution in [0.5, 0.6) is 0 Å². The van der Waals surface area contributed by atoms with E-state index >= 15 is 0 Å². The highest BCUT2D eigenvalue weighted by Crippen LogP contribution is 2.44. The molecule has 0 unspecified atom stereocenters. The Balaban J connectivity index is 2.00. The zero-order valence-electron chi connectivity index (χ0n) is 12.3. The smallest absolute Gasteiger partial charge is 0.263 e. The highest BCUT2D eigenvalue weighted by Gasteiger charge is 2.42. The number of pyridine rings is 1. The summed E-state index contributed by atoms with van der Waals surface area (Å²) in [4.78, 5) is 24.3. The number of methoxy groups -OCH3 is 1. The van der Waals surface area contributed by atoms with Crippen molar-refractivity contribution in [3.8, 4) is 0 Å². The van der Waals surface area contributed by atoms with E-state index in [1.165, 1.54) is 10.6 Å². The van der Waals surface area contributed by atoms with Crippen LogP contribution in [0.1, 0.15) is 29.6 Å². The van der Waals surface area contributed by atoms with Crippen molar-refractivity contribution in [3.05, 3.63) is 34.2 Å². The number of aromatic nitrogens is 1. The Morgan fingerprint density at radius 3 is 2.90 bits per heavy atom. The summed E-state index contributed by atoms with van der Waals surface area (Å²) in [5, 5.41) is 12.0. The lowest BCUT2D eigenvalue weighted by molar-refractivity contribution is 0.0933. The third-order valence-electron chi connectivity index (χ3n) is 3.93. The zero-order chi connectivity index (χ0) is 15.3. The second kappa shape index (κ2) is 6.87. The highest BCUT2D eigenvalue weighted by atomic mass is 16.5. The fourth-order valence-electron chi connectivity index (χ4n) is 2.20. The fourth-order valence-corrected chi connectivity index (χ4v) is 2.20. The summed E-state index contributed by atoms with van der Waals surface area (Å²) in [6.45, 7) is 1.58. The lowest BCUT2D eigenvalue weighted by Crippen LogP contribution is -2.36. The van der Waals surface area contributed by atoms with Gasteiger partial charge in [-0.1, -0.05) is 0 Å². The average molecular weight is 294 g/mol. The molecule has 2 rings (SSSR count). The predicted octanol–water partition coefficient (Wildman–Crippen LogP) is 0.387. The number of nitrogens with zero attached hydrogens (tertiary/aromatic N) is 1. The van der Waals surface area contributed by atoms with Gasteiger partial charge < -0.3 is 19.7 Å². The van der Waals surface area contributed by atoms with Crippen molar-refractivity contribution in [1.29, 1.82) is 0 Å². The molecule has 2 N–H and O–H groups in total. The SMILES string of the molecule is COCCCn1cccc(C(=O)NCC2(CO)CC2)c1=O. The number of nitrogens with one attached hydrogen (secondary N) is 1. The molecule has 1 aliphatic carbocycles. The lowest BCUT2D eigenvalue weighted by atomic mass is 10.1. The van der Waals surface area contributed by atoms with Gasteiger partial charge in [0.05, 0.1) is 6.61 Å². The molecular formula is C15H22N2O4. The van der Waals surface area contributed by atoms with Gasteiger partial charge in [-0.3, -0.25) is 9.59 Å². The van der Waals surface area contributed by atoms with Crippen molar-refractivity contribution in [2.45, 2.75) is 25.8 Å². The number of rotatable bonds is 8. The standard InChI is InChI=1S/C15H22N2O4/c1-21-9-3-8-17-7-2-4-12(14(17)20)13(19)16-10-15(11-18)5-6-15/h2,4,7,18H,3,5-6,8-11H2,1H3,(H,16,19). The minimum absolute atomic E-state index is 0.0727. The number of ether oxygens (including phenoxy) is 1. The zero-order valence-corrected chi connectivity index (χ0v) is 12.3. The summed E-state index contributed by atoms with van der Waals surface area (Å²) in [7, 11) is 1.61. The molecule has 1 aromatic heterocycles. The first kappa shape index (κ1) is 15.7. The van der Waals surface area contributed by atoms with Gasteiger partial charge in [-0.15, -0.1) is 0 Å². The Hall–Kier alpha value is -1.66. The molecule has 1 aromatic rings. The molecule has 0 atom stereocenters. The maximum Gasteiger partial charge on any atom is 0.263 e. The van der Waals surface area contributed by atoms with E-state index in [9.17, 15) is 14.7 Å². The number of carbonyl (C=O) groups excluding carboxylic acids is 1. The summed E-state index contributed by atoms with van der Waals surface area (Å²) in [6.07, 6.45) is 4.22. The van der Waals surface area contributed by atoms with E-state index in [2.05, 4.69) is 5.32 Å². The van der Waals surface area contributed by atoms with E-state index < -0.39 is 0 Å². The number of amides is 1. The molecule has 21 heavy (non-hydrogen) atoms. The maximum absolute atomic E-state index is 12.2. The van der Waals surface area contributed by atoms with Gasteiger partial charge in [0.2, 0.25) is 0 Å². The van der Waals surface area contributed by atoms with Gasteiger partial charge in [-0.25, -0.2) is 0 Å². The average Bonchev–Trinajstić information content (AvgIpc) is 3.27. The largest absolute Gasteiger partial charge is 0.396 e. The van der Waals surface area contributed by atoms with Gasteiger partial charge in [0.1, 0.15) is 5.56 Å². The molecule has 0 aliphatic heterocycles. The number of hydrogen-bond donors (Lipinski definition) is 2. The minimum atomic E-state index is -0.374. The second-order valence-corrected chi connectivity index (χ2v) is 5.61. The highest BCUT2D eigenvalue weighted by molar-refractivity contribution is 5.93. The molecule has 0 saturated heterocycles. The van der Waals surface area contributed by atoms with E-state index in [1.54, 1.807) is 19.4 Å². The van der Waals surface area contributed by atoms with Crippen molar-refractivity contribution in [3.63, 3.8) is 0 Å². The van der Waals surface area contributed by atoms with E-state index in [4.69, 9.17) is 4.74 Å². The summed E-state index contributed by atoms with van der Waals surface area (Å²) in [5.41, 5.74) is -0.314. The molecule has 0 radical (unpaired) electrons. The molecule has 0 bridgehead atoms. The van der Waals surface area contributed by atoms with Crippen LogP contribution in [-0.2, 0) is 11.3 Å². The van der Waals surface area contributed by atoms with Crippen LogP contribution in [-0.4, -0.2) is 42.4 Å². The van der Waals surface area contributed by atoms with Crippen LogP contribution in [0.15, 0.2) is 23.1 Å². The number of aryl methyl sites for hydroxylation is 1. The van der Waals surface area contributed by atoms with Gasteiger partial charge in [-0.2, -0.15) is 0 Å². The van der Waals surface area contributed by atoms with Gasteiger partial charge >= 0.3 is 0 Å². The molecular weight excluding hydrogens is 272 g/mol. The molecule has 1 aliphatic rings. The maximum atomic E-state index is 12.2. The second-order valence-electron chi connectivity index (χ2n) is 5.61. The van der Waals surface area contributed by atoms with Crippen LogP contribution >= 0.6 is 0 Å². The molecule has 1 amide bonds. The summed E-state index contributed by atoms with van der Waals surface area (Å²) >= 11 is 0. The number of carbonyl (C=O) groups is 1. The predicted molar refractivity (Wildman–Crippen MR) is 78.3 cm³/mol. The monoisotopic (exact) mass is 294 g/mol. The minimum Gasteiger partial charge on any atom is -0.396 e. The van der Waals surface area contributed by atoms with E-state index in [0.717, 1.165) is 19.3 Å². The Labute approximate surface area is 123 Å². The van der Waals surface area contributed by atoms with Crippen molar-refractivity contribution in [1.82, 2.24) is 9.88 Å². The molecule has 116 valence electrons. The Bertz CT molecular complexity index is 549. The van der Waals surface area contributed by atoms with Gasteiger partial charge in [0.25, 0.3) is 11.5 Å². The van der Waals surface area contributed by atoms with Crippen molar-refractivity contribution in [2.24, 2.45) is 5.41 Å². The first-order valence-corrected chi connectivity index (χ1v) is 7.19. The van der Waals surface area contributed by atoms with Crippen molar-refractivity contribution in [2.75, 3.05) is 26.9 Å². The van der Waals surface area contributed by atoms with E-state index in [1.807, 2.05) is 0 Å². The first-order chi connectivity index (χ1) is 10.1. The van der Waals surface area contributed by atoms with E-state index in [0.29, 0.717) is 19.7 Å². The third-order valence-corrected chi connectivity index (χ3v) is 3.93. The summed E-state index contributed by atoms with van der Waals surface area (Å²) < 4.78 is 6.48. The van der Waals surface area contributed by atoms with Crippen LogP contribution in [0.25, 0.3) is 0 Å². The van der Waals surface area contributed by atoms with Crippen LogP contribution in [0.2, 0.25) is 0 Å². The Morgan fingerprint density at radius 1 is 1.52 bits per heavy atom. The molecule has 0 aromatic carbocycles. The van der Waals surface area contributed by atoms with Crippen LogP contribution in [0.4, 0.5) is 0 Å². The number of hydrogen-bond acceptors (Lipinski definition) is 4. The normalized spacial score (nSPS) is 15.7. The van der Waals surface area contributed by atoms with Crippen molar-refractivity contribution >= 4 is 5.91 Å². The Morgan fingerprint density at radius 2 is 2.29 bits per heavy atom. The molecule has 6 nitrogen and oxygen atoms in total. The third kappa shape index (κ3) is 3.92. The van der Waals surface area contributed by atoms with Crippen LogP contribution in [0, 0.1) is 5.41 Å². The lowest BCUT2D eigenvalue weighted by Gasteiger charge is -2.13. The summed E-state index contributed by atoms with van der Waals surface area (Å²) in [5.74, 6) is -0.374. The van der Waals surface area contributed by atoms with Gasteiger partial charge in [-0.05, 0) is 31.4 Å². The van der Waals surface area contributed by atoms with E-state index in [-0.39, 0.29) is 29.1 Å². The molecule has 1 fully saturated rings. The van der Waals surface area contributed by atoms with Crippen LogP contribution in [0.3, 0.4) is 0 Å². The summed E-state index contributed by atoms with van der Waals surface area (Å²) in [6, 6.07) is 3.23. The molecule has 1 heterocycles. The van der Waals surface area contributed by atoms with Gasteiger partial charge in [0.15, 0.2) is 0 Å². The number of aliphatic hydroxyl groups excluding tert-OH is 1. The number of aliphatic hydroxyl groups is 1. The fraction of sp³-hybridized carbons (Fsp3) is 0.600. The topological polar surface area (TPSA) is 80.6 Å². The molecule has 6 heteroatoms. The first-order valence-electron chi connectivity index (χ1n) is 7.19. The molecule has 1 saturated carbocycles. The molecule has 0 spiro atoms. The van der Waals surface area contributed by atoms with Gasteiger partial charge in [0, 0.05) is 38.4 Å². The Kier molecular flexibility index (Phi) is 5.14. The van der Waals surface area contributed by atoms with Crippen LogP contribution < -0.4 is 10.9 Å².